The van der Waals surface area contributed by atoms with Crippen LogP contribution in [0.4, 0.5) is 15.8 Å². The van der Waals surface area contributed by atoms with Crippen LogP contribution in [0.1, 0.15) is 23.7 Å². The molecular formula is C13H17FN2O2S. The second-order valence-corrected chi connectivity index (χ2v) is 5.49. The average Bonchev–Trinajstić information content (AvgIpc) is 2.85. The van der Waals surface area contributed by atoms with Gasteiger partial charge in [0.1, 0.15) is 5.82 Å². The number of rotatable bonds is 4. The van der Waals surface area contributed by atoms with Crippen LogP contribution in [-0.2, 0) is 4.74 Å². The number of carbonyl (C=O) groups is 1. The third-order valence-electron chi connectivity index (χ3n) is 2.92. The van der Waals surface area contributed by atoms with E-state index in [9.17, 15) is 9.18 Å². The molecule has 19 heavy (non-hydrogen) atoms. The lowest BCUT2D eigenvalue weighted by Crippen LogP contribution is -2.20. The van der Waals surface area contributed by atoms with Gasteiger partial charge in [0.05, 0.1) is 17.9 Å². The molecular weight excluding hydrogens is 267 g/mol. The number of carbonyl (C=O) groups excluding carboxylic acids is 1. The number of thioether (sulfide) groups is 1. The van der Waals surface area contributed by atoms with E-state index in [1.807, 2.05) is 11.8 Å². The topological polar surface area (TPSA) is 64.3 Å². The smallest absolute Gasteiger partial charge is 0.340 e. The molecule has 0 spiro atoms. The van der Waals surface area contributed by atoms with Gasteiger partial charge in [0, 0.05) is 17.5 Å². The zero-order chi connectivity index (χ0) is 13.8. The molecule has 4 nitrogen and oxygen atoms in total. The largest absolute Gasteiger partial charge is 0.462 e. The SMILES string of the molecule is CCOC(=O)c1cc(NC2CCSC2)c(F)cc1N. The lowest BCUT2D eigenvalue weighted by atomic mass is 10.1. The fourth-order valence-electron chi connectivity index (χ4n) is 1.95. The van der Waals surface area contributed by atoms with E-state index in [0.29, 0.717) is 5.69 Å². The highest BCUT2D eigenvalue weighted by molar-refractivity contribution is 7.99. The Morgan fingerprint density at radius 1 is 1.63 bits per heavy atom. The van der Waals surface area contributed by atoms with Gasteiger partial charge in [-0.1, -0.05) is 0 Å². The van der Waals surface area contributed by atoms with E-state index >= 15 is 0 Å². The van der Waals surface area contributed by atoms with Crippen molar-refractivity contribution in [2.45, 2.75) is 19.4 Å². The molecule has 1 aromatic rings. The normalized spacial score (nSPS) is 18.3. The summed E-state index contributed by atoms with van der Waals surface area (Å²) < 4.78 is 18.7. The summed E-state index contributed by atoms with van der Waals surface area (Å²) in [6.45, 7) is 1.98. The van der Waals surface area contributed by atoms with Gasteiger partial charge >= 0.3 is 5.97 Å². The fraction of sp³-hybridized carbons (Fsp3) is 0.462. The second-order valence-electron chi connectivity index (χ2n) is 4.34. The van der Waals surface area contributed by atoms with Gasteiger partial charge in [-0.05, 0) is 31.2 Å². The predicted molar refractivity (Wildman–Crippen MR) is 76.1 cm³/mol. The van der Waals surface area contributed by atoms with Gasteiger partial charge in [-0.15, -0.1) is 0 Å². The van der Waals surface area contributed by atoms with Crippen molar-refractivity contribution < 1.29 is 13.9 Å². The molecule has 6 heteroatoms. The Hall–Kier alpha value is -1.43. The van der Waals surface area contributed by atoms with E-state index in [1.165, 1.54) is 6.07 Å². The van der Waals surface area contributed by atoms with E-state index in [0.717, 1.165) is 24.0 Å². The first-order valence-corrected chi connectivity index (χ1v) is 7.37. The predicted octanol–water partition coefficient (Wildman–Crippen LogP) is 2.50. The van der Waals surface area contributed by atoms with Crippen molar-refractivity contribution in [1.29, 1.82) is 0 Å². The quantitative estimate of drug-likeness (QED) is 0.657. The maximum atomic E-state index is 13.8. The highest BCUT2D eigenvalue weighted by Gasteiger charge is 2.19. The number of anilines is 2. The van der Waals surface area contributed by atoms with Crippen LogP contribution in [0.5, 0.6) is 0 Å². The van der Waals surface area contributed by atoms with Crippen molar-refractivity contribution in [2.75, 3.05) is 29.2 Å². The highest BCUT2D eigenvalue weighted by atomic mass is 32.2. The monoisotopic (exact) mass is 284 g/mol. The Morgan fingerprint density at radius 2 is 2.42 bits per heavy atom. The van der Waals surface area contributed by atoms with Crippen LogP contribution in [0.2, 0.25) is 0 Å². The molecule has 2 rings (SSSR count). The molecule has 1 aliphatic rings. The van der Waals surface area contributed by atoms with Crippen LogP contribution < -0.4 is 11.1 Å². The van der Waals surface area contributed by atoms with Gasteiger partial charge in [-0.25, -0.2) is 9.18 Å². The number of hydrogen-bond acceptors (Lipinski definition) is 5. The van der Waals surface area contributed by atoms with Gasteiger partial charge in [0.25, 0.3) is 0 Å². The van der Waals surface area contributed by atoms with E-state index in [2.05, 4.69) is 5.32 Å². The first kappa shape index (κ1) is 14.0. The Balaban J connectivity index is 2.22. The van der Waals surface area contributed by atoms with Crippen LogP contribution in [0, 0.1) is 5.82 Å². The Morgan fingerprint density at radius 3 is 3.05 bits per heavy atom. The molecule has 1 atom stereocenters. The summed E-state index contributed by atoms with van der Waals surface area (Å²) in [6.07, 6.45) is 0.989. The van der Waals surface area contributed by atoms with Gasteiger partial charge in [0.2, 0.25) is 0 Å². The minimum atomic E-state index is -0.524. The standard InChI is InChI=1S/C13H17FN2O2S/c1-2-18-13(17)9-5-12(10(14)6-11(9)15)16-8-3-4-19-7-8/h5-6,8,16H,2-4,7,15H2,1H3. The molecule has 1 heterocycles. The number of nitrogens with one attached hydrogen (secondary N) is 1. The van der Waals surface area contributed by atoms with E-state index in [4.69, 9.17) is 10.5 Å². The molecule has 0 saturated carbocycles. The van der Waals surface area contributed by atoms with E-state index in [1.54, 1.807) is 6.92 Å². The molecule has 1 saturated heterocycles. The molecule has 0 bridgehead atoms. The van der Waals surface area contributed by atoms with Crippen molar-refractivity contribution in [2.24, 2.45) is 0 Å². The second kappa shape index (κ2) is 6.14. The van der Waals surface area contributed by atoms with Crippen molar-refractivity contribution in [3.05, 3.63) is 23.5 Å². The van der Waals surface area contributed by atoms with Crippen molar-refractivity contribution in [3.63, 3.8) is 0 Å². The summed E-state index contributed by atoms with van der Waals surface area (Å²) >= 11 is 1.83. The van der Waals surface area contributed by atoms with Gasteiger partial charge < -0.3 is 15.8 Å². The minimum absolute atomic E-state index is 0.0993. The fourth-order valence-corrected chi connectivity index (χ4v) is 3.11. The zero-order valence-corrected chi connectivity index (χ0v) is 11.6. The number of esters is 1. The lowest BCUT2D eigenvalue weighted by molar-refractivity contribution is 0.0527. The van der Waals surface area contributed by atoms with Crippen LogP contribution in [0.3, 0.4) is 0 Å². The third-order valence-corrected chi connectivity index (χ3v) is 4.09. The van der Waals surface area contributed by atoms with Gasteiger partial charge in [-0.2, -0.15) is 11.8 Å². The number of benzene rings is 1. The summed E-state index contributed by atoms with van der Waals surface area (Å²) in [5.41, 5.74) is 6.27. The van der Waals surface area contributed by atoms with E-state index < -0.39 is 11.8 Å². The first-order valence-electron chi connectivity index (χ1n) is 6.22. The molecule has 1 fully saturated rings. The van der Waals surface area contributed by atoms with Crippen LogP contribution in [-0.4, -0.2) is 30.1 Å². The van der Waals surface area contributed by atoms with Crippen LogP contribution in [0.25, 0.3) is 0 Å². The Labute approximate surface area is 115 Å². The third kappa shape index (κ3) is 3.32. The lowest BCUT2D eigenvalue weighted by Gasteiger charge is -2.15. The summed E-state index contributed by atoms with van der Waals surface area (Å²) in [4.78, 5) is 11.7. The number of nitrogens with two attached hydrogens (primary N) is 1. The molecule has 1 unspecified atom stereocenters. The van der Waals surface area contributed by atoms with Crippen molar-refractivity contribution in [1.82, 2.24) is 0 Å². The van der Waals surface area contributed by atoms with Crippen molar-refractivity contribution >= 4 is 29.1 Å². The summed E-state index contributed by atoms with van der Waals surface area (Å²) in [5, 5.41) is 3.11. The molecule has 0 aromatic heterocycles. The average molecular weight is 284 g/mol. The highest BCUT2D eigenvalue weighted by Crippen LogP contribution is 2.26. The van der Waals surface area contributed by atoms with E-state index in [-0.39, 0.29) is 23.9 Å². The molecule has 1 aliphatic heterocycles. The maximum Gasteiger partial charge on any atom is 0.340 e. The van der Waals surface area contributed by atoms with Crippen molar-refractivity contribution in [3.8, 4) is 0 Å². The first-order chi connectivity index (χ1) is 9.11. The van der Waals surface area contributed by atoms with Crippen LogP contribution >= 0.6 is 11.8 Å². The maximum absolute atomic E-state index is 13.8. The number of hydrogen-bond donors (Lipinski definition) is 2. The Bertz CT molecular complexity index is 476. The molecule has 0 amide bonds. The zero-order valence-electron chi connectivity index (χ0n) is 10.7. The minimum Gasteiger partial charge on any atom is -0.462 e. The summed E-state index contributed by atoms with van der Waals surface area (Å²) in [5.74, 6) is 1.05. The molecule has 3 N–H and O–H groups in total. The molecule has 104 valence electrons. The Kier molecular flexibility index (Phi) is 4.52. The molecule has 1 aromatic carbocycles. The summed E-state index contributed by atoms with van der Waals surface area (Å²) in [7, 11) is 0. The number of halogens is 1. The molecule has 0 aliphatic carbocycles. The number of nitrogen functional groups attached to an aromatic ring is 1. The summed E-state index contributed by atoms with van der Waals surface area (Å²) in [6, 6.07) is 2.83. The van der Waals surface area contributed by atoms with Crippen LogP contribution in [0.15, 0.2) is 12.1 Å². The molecule has 0 radical (unpaired) electrons. The van der Waals surface area contributed by atoms with Gasteiger partial charge in [0.15, 0.2) is 0 Å². The number of ether oxygens (including phenoxy) is 1. The van der Waals surface area contributed by atoms with Gasteiger partial charge in [-0.3, -0.25) is 0 Å².